The summed E-state index contributed by atoms with van der Waals surface area (Å²) < 4.78 is 1.19. The number of fused-ring (bicyclic) bond motifs is 1. The zero-order valence-corrected chi connectivity index (χ0v) is 12.6. The van der Waals surface area contributed by atoms with E-state index < -0.39 is 16.3 Å². The van der Waals surface area contributed by atoms with Crippen LogP contribution in [-0.2, 0) is 7.05 Å². The highest BCUT2D eigenvalue weighted by Gasteiger charge is 2.19. The Morgan fingerprint density at radius 2 is 1.83 bits per heavy atom. The minimum atomic E-state index is -0.603. The maximum atomic E-state index is 12.6. The molecular weight excluding hydrogens is 312 g/mol. The van der Waals surface area contributed by atoms with E-state index in [9.17, 15) is 24.8 Å². The zero-order valence-electron chi connectivity index (χ0n) is 12.6. The third kappa shape index (κ3) is 2.41. The summed E-state index contributed by atoms with van der Waals surface area (Å²) in [5, 5.41) is 21.2. The van der Waals surface area contributed by atoms with Gasteiger partial charge in [-0.3, -0.25) is 19.7 Å². The van der Waals surface area contributed by atoms with E-state index in [1.54, 1.807) is 12.1 Å². The average molecular weight is 324 g/mol. The number of ketones is 1. The lowest BCUT2D eigenvalue weighted by Gasteiger charge is -2.09. The Balaban J connectivity index is 2.24. The molecule has 1 aromatic heterocycles. The molecular formula is C17H12N2O5. The second-order valence-electron chi connectivity index (χ2n) is 5.27. The minimum absolute atomic E-state index is 0.0239. The third-order valence-electron chi connectivity index (χ3n) is 3.81. The van der Waals surface area contributed by atoms with Crippen molar-refractivity contribution in [2.24, 2.45) is 7.05 Å². The van der Waals surface area contributed by atoms with Gasteiger partial charge in [-0.05, 0) is 29.7 Å². The topological polar surface area (TPSA) is 102 Å². The van der Waals surface area contributed by atoms with Gasteiger partial charge in [0.25, 0.3) is 11.2 Å². The van der Waals surface area contributed by atoms with Crippen LogP contribution < -0.4 is 5.56 Å². The van der Waals surface area contributed by atoms with Gasteiger partial charge >= 0.3 is 0 Å². The molecule has 0 bridgehead atoms. The number of aromatic nitrogens is 1. The van der Waals surface area contributed by atoms with Crippen molar-refractivity contribution in [1.82, 2.24) is 4.57 Å². The number of aryl methyl sites for hydroxylation is 1. The molecule has 3 rings (SSSR count). The fourth-order valence-electron chi connectivity index (χ4n) is 2.54. The molecule has 7 nitrogen and oxygen atoms in total. The van der Waals surface area contributed by atoms with Gasteiger partial charge in [0.1, 0.15) is 5.75 Å². The number of benzene rings is 2. The van der Waals surface area contributed by atoms with Crippen molar-refractivity contribution in [2.75, 3.05) is 0 Å². The molecule has 0 spiro atoms. The number of pyridine rings is 1. The summed E-state index contributed by atoms with van der Waals surface area (Å²) >= 11 is 0. The molecule has 2 aromatic carbocycles. The first-order chi connectivity index (χ1) is 11.4. The lowest BCUT2D eigenvalue weighted by molar-refractivity contribution is -0.384. The summed E-state index contributed by atoms with van der Waals surface area (Å²) in [7, 11) is 1.44. The largest absolute Gasteiger partial charge is 0.507 e. The second kappa shape index (κ2) is 5.62. The van der Waals surface area contributed by atoms with Crippen LogP contribution in [0.25, 0.3) is 10.9 Å². The molecule has 0 aliphatic carbocycles. The summed E-state index contributed by atoms with van der Waals surface area (Å²) in [5.74, 6) is -0.817. The van der Waals surface area contributed by atoms with Crippen LogP contribution in [0.5, 0.6) is 5.75 Å². The first kappa shape index (κ1) is 15.4. The molecule has 120 valence electrons. The lowest BCUT2D eigenvalue weighted by Crippen LogP contribution is -2.25. The van der Waals surface area contributed by atoms with Gasteiger partial charge in [0.05, 0.1) is 21.6 Å². The maximum Gasteiger partial charge on any atom is 0.271 e. The lowest BCUT2D eigenvalue weighted by atomic mass is 10.0. The van der Waals surface area contributed by atoms with Gasteiger partial charge in [0.2, 0.25) is 5.78 Å². The van der Waals surface area contributed by atoms with E-state index in [2.05, 4.69) is 0 Å². The van der Waals surface area contributed by atoms with E-state index in [1.807, 2.05) is 0 Å². The minimum Gasteiger partial charge on any atom is -0.507 e. The van der Waals surface area contributed by atoms with E-state index >= 15 is 0 Å². The first-order valence-electron chi connectivity index (χ1n) is 7.01. The maximum absolute atomic E-state index is 12.6. The molecule has 1 heterocycles. The van der Waals surface area contributed by atoms with Crippen molar-refractivity contribution in [2.45, 2.75) is 0 Å². The van der Waals surface area contributed by atoms with E-state index in [0.29, 0.717) is 10.9 Å². The number of rotatable bonds is 3. The number of carbonyl (C=O) groups is 1. The Morgan fingerprint density at radius 1 is 1.12 bits per heavy atom. The number of phenols is 1. The highest BCUT2D eigenvalue weighted by atomic mass is 16.6. The smallest absolute Gasteiger partial charge is 0.271 e. The zero-order chi connectivity index (χ0) is 17.4. The van der Waals surface area contributed by atoms with Crippen molar-refractivity contribution >= 4 is 22.4 Å². The number of nitrogens with zero attached hydrogens (tertiary/aromatic N) is 2. The number of phenolic OH excluding ortho intramolecular Hbond substituents is 1. The molecule has 0 unspecified atom stereocenters. The number of aromatic hydroxyl groups is 1. The SMILES string of the molecule is Cn1c(=O)c(C(=O)c2ccccc2O)cc2ccc([N+](=O)[O-])cc21. The molecule has 3 aromatic rings. The Hall–Kier alpha value is -3.48. The summed E-state index contributed by atoms with van der Waals surface area (Å²) in [4.78, 5) is 35.4. The summed E-state index contributed by atoms with van der Waals surface area (Å²) in [6.07, 6.45) is 0. The van der Waals surface area contributed by atoms with Crippen LogP contribution in [0.2, 0.25) is 0 Å². The molecule has 0 fully saturated rings. The third-order valence-corrected chi connectivity index (χ3v) is 3.81. The number of para-hydroxylation sites is 1. The number of nitro benzene ring substituents is 1. The van der Waals surface area contributed by atoms with Crippen molar-refractivity contribution < 1.29 is 14.8 Å². The molecule has 0 radical (unpaired) electrons. The van der Waals surface area contributed by atoms with Crippen LogP contribution in [0.1, 0.15) is 15.9 Å². The predicted molar refractivity (Wildman–Crippen MR) is 87.4 cm³/mol. The molecule has 0 atom stereocenters. The highest BCUT2D eigenvalue weighted by molar-refractivity contribution is 6.11. The number of carbonyl (C=O) groups excluding carboxylic acids is 1. The second-order valence-corrected chi connectivity index (χ2v) is 5.27. The molecule has 0 aliphatic rings. The fraction of sp³-hybridized carbons (Fsp3) is 0.0588. The van der Waals surface area contributed by atoms with Crippen LogP contribution in [0.3, 0.4) is 0 Å². The van der Waals surface area contributed by atoms with Crippen LogP contribution in [0, 0.1) is 10.1 Å². The fourth-order valence-corrected chi connectivity index (χ4v) is 2.54. The molecule has 0 saturated carbocycles. The number of nitro groups is 1. The van der Waals surface area contributed by atoms with Crippen molar-refractivity contribution in [1.29, 1.82) is 0 Å². The quantitative estimate of drug-likeness (QED) is 0.453. The van der Waals surface area contributed by atoms with Gasteiger partial charge in [0.15, 0.2) is 0 Å². The Labute approximate surface area is 135 Å². The predicted octanol–water partition coefficient (Wildman–Crippen LogP) is 2.38. The molecule has 0 aliphatic heterocycles. The van der Waals surface area contributed by atoms with Gasteiger partial charge in [0, 0.05) is 19.2 Å². The summed E-state index contributed by atoms with van der Waals surface area (Å²) in [6, 6.07) is 11.4. The first-order valence-corrected chi connectivity index (χ1v) is 7.01. The number of hydrogen-bond acceptors (Lipinski definition) is 5. The van der Waals surface area contributed by atoms with Gasteiger partial charge in [-0.1, -0.05) is 12.1 Å². The Bertz CT molecular complexity index is 1050. The van der Waals surface area contributed by atoms with Crippen LogP contribution in [0.4, 0.5) is 5.69 Å². The van der Waals surface area contributed by atoms with Gasteiger partial charge < -0.3 is 9.67 Å². The average Bonchev–Trinajstić information content (AvgIpc) is 2.57. The van der Waals surface area contributed by atoms with Crippen molar-refractivity contribution in [3.8, 4) is 5.75 Å². The van der Waals surface area contributed by atoms with Gasteiger partial charge in [-0.15, -0.1) is 0 Å². The van der Waals surface area contributed by atoms with E-state index in [4.69, 9.17) is 0 Å². The van der Waals surface area contributed by atoms with Crippen molar-refractivity contribution in [3.05, 3.63) is 80.1 Å². The summed E-state index contributed by atoms with van der Waals surface area (Å²) in [5.41, 5.74) is -0.465. The van der Waals surface area contributed by atoms with Crippen molar-refractivity contribution in [3.63, 3.8) is 0 Å². The van der Waals surface area contributed by atoms with E-state index in [1.165, 1.54) is 48.0 Å². The number of non-ortho nitro benzene ring substituents is 1. The normalized spacial score (nSPS) is 10.7. The van der Waals surface area contributed by atoms with Gasteiger partial charge in [-0.25, -0.2) is 0 Å². The standard InChI is InChI=1S/C17H12N2O5/c1-18-14-9-11(19(23)24)7-6-10(14)8-13(17(18)22)16(21)12-4-2-3-5-15(12)20/h2-9,20H,1H3. The van der Waals surface area contributed by atoms with Crippen LogP contribution >= 0.6 is 0 Å². The van der Waals surface area contributed by atoms with E-state index in [0.717, 1.165) is 0 Å². The molecule has 24 heavy (non-hydrogen) atoms. The Kier molecular flexibility index (Phi) is 3.61. The molecule has 7 heteroatoms. The Morgan fingerprint density at radius 3 is 2.50 bits per heavy atom. The van der Waals surface area contributed by atoms with Crippen LogP contribution in [-0.4, -0.2) is 20.4 Å². The molecule has 1 N–H and O–H groups in total. The van der Waals surface area contributed by atoms with Gasteiger partial charge in [-0.2, -0.15) is 0 Å². The summed E-state index contributed by atoms with van der Waals surface area (Å²) in [6.45, 7) is 0. The highest BCUT2D eigenvalue weighted by Crippen LogP contribution is 2.23. The molecule has 0 saturated heterocycles. The monoisotopic (exact) mass is 324 g/mol. The van der Waals surface area contributed by atoms with Crippen LogP contribution in [0.15, 0.2) is 53.3 Å². The number of hydrogen-bond donors (Lipinski definition) is 1. The van der Waals surface area contributed by atoms with E-state index in [-0.39, 0.29) is 22.6 Å². The molecule has 0 amide bonds.